The number of aryl methyl sites for hydroxylation is 2. The summed E-state index contributed by atoms with van der Waals surface area (Å²) in [6, 6.07) is 8.44. The quantitative estimate of drug-likeness (QED) is 0.230. The van der Waals surface area contributed by atoms with E-state index in [2.05, 4.69) is 79.1 Å². The van der Waals surface area contributed by atoms with E-state index in [1.807, 2.05) is 0 Å². The number of rotatable bonds is 7. The van der Waals surface area contributed by atoms with E-state index in [0.717, 1.165) is 61.7 Å². The fourth-order valence-corrected chi connectivity index (χ4v) is 3.82. The van der Waals surface area contributed by atoms with E-state index in [-0.39, 0.29) is 24.0 Å². The van der Waals surface area contributed by atoms with E-state index in [4.69, 9.17) is 4.99 Å². The molecule has 1 aromatic carbocycles. The highest BCUT2D eigenvalue weighted by molar-refractivity contribution is 14.0. The molecule has 0 radical (unpaired) electrons. The fraction of sp³-hybridized carbons (Fsp3) is 0.571. The van der Waals surface area contributed by atoms with Gasteiger partial charge in [-0.1, -0.05) is 34.5 Å². The van der Waals surface area contributed by atoms with Crippen molar-refractivity contribution in [2.45, 2.75) is 58.5 Å². The first-order valence-corrected chi connectivity index (χ1v) is 11.1. The van der Waals surface area contributed by atoms with Crippen LogP contribution in [0.1, 0.15) is 49.8 Å². The second-order valence-corrected chi connectivity index (χ2v) is 8.23. The maximum atomic E-state index is 4.82. The second kappa shape index (κ2) is 12.5. The lowest BCUT2D eigenvalue weighted by atomic mass is 10.2. The molecule has 1 aliphatic heterocycles. The maximum Gasteiger partial charge on any atom is 0.193 e. The molecule has 0 fully saturated rings. The zero-order chi connectivity index (χ0) is 19.8. The highest BCUT2D eigenvalue weighted by Gasteiger charge is 2.14. The molecule has 1 aromatic heterocycles. The lowest BCUT2D eigenvalue weighted by Gasteiger charge is -2.22. The van der Waals surface area contributed by atoms with Crippen molar-refractivity contribution in [1.29, 1.82) is 0 Å². The van der Waals surface area contributed by atoms with Crippen molar-refractivity contribution in [3.8, 4) is 0 Å². The minimum absolute atomic E-state index is 0. The van der Waals surface area contributed by atoms with E-state index in [9.17, 15) is 0 Å². The number of nitrogens with one attached hydrogen (secondary N) is 1. The van der Waals surface area contributed by atoms with Crippen LogP contribution >= 0.6 is 39.9 Å². The van der Waals surface area contributed by atoms with Gasteiger partial charge in [-0.3, -0.25) is 4.99 Å². The van der Waals surface area contributed by atoms with E-state index in [1.165, 1.54) is 30.7 Å². The molecule has 0 atom stereocenters. The number of fused-ring (bicyclic) bond motifs is 1. The van der Waals surface area contributed by atoms with Crippen LogP contribution in [-0.4, -0.2) is 45.8 Å². The molecule has 2 heterocycles. The van der Waals surface area contributed by atoms with E-state index in [1.54, 1.807) is 0 Å². The van der Waals surface area contributed by atoms with E-state index in [0.29, 0.717) is 0 Å². The molecule has 3 rings (SSSR count). The average molecular weight is 575 g/mol. The van der Waals surface area contributed by atoms with Gasteiger partial charge in [0.2, 0.25) is 0 Å². The molecule has 8 heteroatoms. The van der Waals surface area contributed by atoms with Gasteiger partial charge in [-0.15, -0.1) is 34.2 Å². The zero-order valence-electron chi connectivity index (χ0n) is 17.4. The largest absolute Gasteiger partial charge is 0.357 e. The highest BCUT2D eigenvalue weighted by Crippen LogP contribution is 2.15. The maximum absolute atomic E-state index is 4.82. The Morgan fingerprint density at radius 1 is 1.21 bits per heavy atom. The van der Waals surface area contributed by atoms with Gasteiger partial charge in [0.15, 0.2) is 5.96 Å². The number of guanidine groups is 1. The van der Waals surface area contributed by atoms with Crippen molar-refractivity contribution in [2.24, 2.45) is 4.99 Å². The third kappa shape index (κ3) is 7.24. The third-order valence-electron chi connectivity index (χ3n) is 5.04. The SMILES string of the molecule is CCNC(=NCCCc1nnc2n1CCCCC2)N(C)Cc1ccc(Br)cc1.I. The molecule has 1 aliphatic rings. The molecular formula is C21H32BrIN6. The van der Waals surface area contributed by atoms with Crippen LogP contribution in [0.2, 0.25) is 0 Å². The summed E-state index contributed by atoms with van der Waals surface area (Å²) in [5.74, 6) is 3.24. The molecular weight excluding hydrogens is 543 g/mol. The number of aromatic nitrogens is 3. The first-order valence-electron chi connectivity index (χ1n) is 10.3. The second-order valence-electron chi connectivity index (χ2n) is 7.32. The van der Waals surface area contributed by atoms with Crippen molar-refractivity contribution < 1.29 is 0 Å². The summed E-state index contributed by atoms with van der Waals surface area (Å²) in [5, 5.41) is 12.2. The molecule has 0 saturated heterocycles. The molecule has 6 nitrogen and oxygen atoms in total. The Kier molecular flexibility index (Phi) is 10.4. The summed E-state index contributed by atoms with van der Waals surface area (Å²) in [4.78, 5) is 7.00. The molecule has 2 aromatic rings. The van der Waals surface area contributed by atoms with Gasteiger partial charge in [0.05, 0.1) is 0 Å². The lowest BCUT2D eigenvalue weighted by Crippen LogP contribution is -2.38. The molecule has 0 aliphatic carbocycles. The Morgan fingerprint density at radius 3 is 2.76 bits per heavy atom. The highest BCUT2D eigenvalue weighted by atomic mass is 127. The summed E-state index contributed by atoms with van der Waals surface area (Å²) in [7, 11) is 2.09. The molecule has 0 spiro atoms. The Morgan fingerprint density at radius 2 is 2.00 bits per heavy atom. The van der Waals surface area contributed by atoms with Crippen LogP contribution in [0.15, 0.2) is 33.7 Å². The van der Waals surface area contributed by atoms with Gasteiger partial charge in [0.25, 0.3) is 0 Å². The molecule has 0 saturated carbocycles. The van der Waals surface area contributed by atoms with Gasteiger partial charge >= 0.3 is 0 Å². The molecule has 1 N–H and O–H groups in total. The predicted octanol–water partition coefficient (Wildman–Crippen LogP) is 4.42. The molecule has 29 heavy (non-hydrogen) atoms. The van der Waals surface area contributed by atoms with Crippen molar-refractivity contribution in [1.82, 2.24) is 25.0 Å². The summed E-state index contributed by atoms with van der Waals surface area (Å²) in [6.07, 6.45) is 6.76. The standard InChI is InChI=1S/C21H31BrN6.HI/c1-3-23-21(27(2)16-17-10-12-18(22)13-11-17)24-14-7-9-20-26-25-19-8-5-4-6-15-28(19)20;/h10-13H,3-9,14-16H2,1-2H3,(H,23,24);1H. The molecule has 0 amide bonds. The predicted molar refractivity (Wildman–Crippen MR) is 133 cm³/mol. The Balaban J connectivity index is 0.00000300. The smallest absolute Gasteiger partial charge is 0.193 e. The first-order chi connectivity index (χ1) is 13.7. The van der Waals surface area contributed by atoms with Crippen molar-refractivity contribution in [2.75, 3.05) is 20.1 Å². The minimum Gasteiger partial charge on any atom is -0.357 e. The zero-order valence-corrected chi connectivity index (χ0v) is 21.3. The van der Waals surface area contributed by atoms with E-state index < -0.39 is 0 Å². The fourth-order valence-electron chi connectivity index (χ4n) is 3.56. The van der Waals surface area contributed by atoms with Gasteiger partial charge in [-0.25, -0.2) is 0 Å². The van der Waals surface area contributed by atoms with Crippen LogP contribution in [0.4, 0.5) is 0 Å². The van der Waals surface area contributed by atoms with Crippen LogP contribution in [-0.2, 0) is 25.9 Å². The van der Waals surface area contributed by atoms with Gasteiger partial charge in [0.1, 0.15) is 11.6 Å². The van der Waals surface area contributed by atoms with Crippen LogP contribution in [0.25, 0.3) is 0 Å². The van der Waals surface area contributed by atoms with Gasteiger partial charge in [0, 0.05) is 50.5 Å². The number of nitrogens with zero attached hydrogens (tertiary/aromatic N) is 5. The Hall–Kier alpha value is -1.16. The molecule has 0 unspecified atom stereocenters. The topological polar surface area (TPSA) is 58.3 Å². The summed E-state index contributed by atoms with van der Waals surface area (Å²) < 4.78 is 3.44. The van der Waals surface area contributed by atoms with Crippen LogP contribution in [0, 0.1) is 0 Å². The first kappa shape index (κ1) is 24.1. The monoisotopic (exact) mass is 574 g/mol. The summed E-state index contributed by atoms with van der Waals surface area (Å²) in [6.45, 7) is 5.65. The summed E-state index contributed by atoms with van der Waals surface area (Å²) >= 11 is 3.49. The third-order valence-corrected chi connectivity index (χ3v) is 5.56. The number of aliphatic imine (C=N–C) groups is 1. The Bertz CT molecular complexity index is 774. The van der Waals surface area contributed by atoms with Crippen molar-refractivity contribution in [3.63, 3.8) is 0 Å². The molecule has 160 valence electrons. The van der Waals surface area contributed by atoms with Crippen LogP contribution in [0.5, 0.6) is 0 Å². The normalized spacial score (nSPS) is 14.0. The Labute approximate surface area is 199 Å². The number of benzene rings is 1. The van der Waals surface area contributed by atoms with Gasteiger partial charge in [-0.2, -0.15) is 0 Å². The number of halogens is 2. The summed E-state index contributed by atoms with van der Waals surface area (Å²) in [5.41, 5.74) is 1.27. The lowest BCUT2D eigenvalue weighted by molar-refractivity contribution is 0.476. The van der Waals surface area contributed by atoms with Crippen molar-refractivity contribution in [3.05, 3.63) is 46.0 Å². The van der Waals surface area contributed by atoms with Crippen LogP contribution < -0.4 is 5.32 Å². The molecule has 0 bridgehead atoms. The average Bonchev–Trinajstić information content (AvgIpc) is 2.92. The van der Waals surface area contributed by atoms with Gasteiger partial charge < -0.3 is 14.8 Å². The minimum atomic E-state index is 0. The van der Waals surface area contributed by atoms with Crippen LogP contribution in [0.3, 0.4) is 0 Å². The van der Waals surface area contributed by atoms with E-state index >= 15 is 0 Å². The van der Waals surface area contributed by atoms with Gasteiger partial charge in [-0.05, 0) is 43.9 Å². The number of hydrogen-bond acceptors (Lipinski definition) is 3. The van der Waals surface area contributed by atoms with Crippen molar-refractivity contribution >= 4 is 45.9 Å². The number of hydrogen-bond donors (Lipinski definition) is 1.